The van der Waals surface area contributed by atoms with Gasteiger partial charge in [-0.3, -0.25) is 4.79 Å². The molecule has 1 fully saturated rings. The van der Waals surface area contributed by atoms with E-state index in [9.17, 15) is 18.0 Å². The van der Waals surface area contributed by atoms with Gasteiger partial charge < -0.3 is 15.4 Å². The third kappa shape index (κ3) is 4.71. The molecule has 21 heavy (non-hydrogen) atoms. The highest BCUT2D eigenvalue weighted by molar-refractivity contribution is 5.81. The zero-order chi connectivity index (χ0) is 15.3. The van der Waals surface area contributed by atoms with Crippen LogP contribution in [0.5, 0.6) is 0 Å². The second kappa shape index (κ2) is 6.91. The van der Waals surface area contributed by atoms with E-state index in [1.54, 1.807) is 6.07 Å². The summed E-state index contributed by atoms with van der Waals surface area (Å²) in [5.41, 5.74) is -0.140. The maximum Gasteiger partial charge on any atom is 0.416 e. The lowest BCUT2D eigenvalue weighted by Gasteiger charge is -2.22. The standard InChI is InChI=1S/C14H17F3N2O2/c15-14(16,17)11-3-1-2-10(8-11)4-5-19-13(20)12-9-18-6-7-21-12/h1-3,8,12,18H,4-7,9H2,(H,19,20)/t12-/m0/s1. The molecule has 1 aromatic rings. The maximum absolute atomic E-state index is 12.6. The van der Waals surface area contributed by atoms with E-state index in [1.165, 1.54) is 6.07 Å². The van der Waals surface area contributed by atoms with E-state index in [0.717, 1.165) is 12.1 Å². The number of hydrogen-bond acceptors (Lipinski definition) is 3. The lowest BCUT2D eigenvalue weighted by molar-refractivity contribution is -0.137. The largest absolute Gasteiger partial charge is 0.416 e. The van der Waals surface area contributed by atoms with Crippen LogP contribution in [0.4, 0.5) is 13.2 Å². The number of amides is 1. The molecule has 0 unspecified atom stereocenters. The van der Waals surface area contributed by atoms with Crippen LogP contribution in [0.25, 0.3) is 0 Å². The van der Waals surface area contributed by atoms with Gasteiger partial charge in [0.2, 0.25) is 5.91 Å². The van der Waals surface area contributed by atoms with Gasteiger partial charge in [0.25, 0.3) is 0 Å². The van der Waals surface area contributed by atoms with Crippen LogP contribution >= 0.6 is 0 Å². The topological polar surface area (TPSA) is 50.4 Å². The Morgan fingerprint density at radius 3 is 2.90 bits per heavy atom. The smallest absolute Gasteiger partial charge is 0.366 e. The number of carbonyl (C=O) groups excluding carboxylic acids is 1. The summed E-state index contributed by atoms with van der Waals surface area (Å²) in [5.74, 6) is -0.242. The number of nitrogens with one attached hydrogen (secondary N) is 2. The molecule has 1 saturated heterocycles. The van der Waals surface area contributed by atoms with Gasteiger partial charge in [0.1, 0.15) is 6.10 Å². The summed E-state index contributed by atoms with van der Waals surface area (Å²) in [4.78, 5) is 11.8. The summed E-state index contributed by atoms with van der Waals surface area (Å²) < 4.78 is 43.0. The number of hydrogen-bond donors (Lipinski definition) is 2. The fourth-order valence-electron chi connectivity index (χ4n) is 2.08. The number of morpholine rings is 1. The molecule has 1 amide bonds. The Balaban J connectivity index is 1.82. The molecule has 0 bridgehead atoms. The van der Waals surface area contributed by atoms with Crippen molar-refractivity contribution in [2.45, 2.75) is 18.7 Å². The molecule has 4 nitrogen and oxygen atoms in total. The van der Waals surface area contributed by atoms with Gasteiger partial charge in [-0.25, -0.2) is 0 Å². The lowest BCUT2D eigenvalue weighted by Crippen LogP contribution is -2.48. The van der Waals surface area contributed by atoms with Crippen LogP contribution in [0.2, 0.25) is 0 Å². The normalized spacial score (nSPS) is 19.3. The van der Waals surface area contributed by atoms with E-state index >= 15 is 0 Å². The molecule has 1 atom stereocenters. The minimum atomic E-state index is -4.35. The molecule has 0 aliphatic carbocycles. The second-order valence-electron chi connectivity index (χ2n) is 4.80. The van der Waals surface area contributed by atoms with E-state index in [-0.39, 0.29) is 12.5 Å². The first-order chi connectivity index (χ1) is 9.97. The monoisotopic (exact) mass is 302 g/mol. The minimum Gasteiger partial charge on any atom is -0.366 e. The number of carbonyl (C=O) groups is 1. The third-order valence-electron chi connectivity index (χ3n) is 3.19. The Bertz CT molecular complexity index is 485. The number of alkyl halides is 3. The quantitative estimate of drug-likeness (QED) is 0.883. The maximum atomic E-state index is 12.6. The molecule has 2 N–H and O–H groups in total. The van der Waals surface area contributed by atoms with Gasteiger partial charge in [0.05, 0.1) is 12.2 Å². The summed E-state index contributed by atoms with van der Waals surface area (Å²) in [6.07, 6.45) is -4.53. The SMILES string of the molecule is O=C(NCCc1cccc(C(F)(F)F)c1)[C@@H]1CNCCO1. The van der Waals surface area contributed by atoms with Crippen molar-refractivity contribution in [2.24, 2.45) is 0 Å². The first-order valence-corrected chi connectivity index (χ1v) is 6.73. The Morgan fingerprint density at radius 2 is 2.24 bits per heavy atom. The predicted octanol–water partition coefficient (Wildman–Crippen LogP) is 1.35. The summed E-state index contributed by atoms with van der Waals surface area (Å²) in [7, 11) is 0. The van der Waals surface area contributed by atoms with Crippen molar-refractivity contribution < 1.29 is 22.7 Å². The third-order valence-corrected chi connectivity index (χ3v) is 3.19. The molecule has 1 heterocycles. The highest BCUT2D eigenvalue weighted by atomic mass is 19.4. The molecular formula is C14H17F3N2O2. The van der Waals surface area contributed by atoms with E-state index in [4.69, 9.17) is 4.74 Å². The molecule has 0 saturated carbocycles. The molecule has 2 rings (SSSR count). The molecule has 116 valence electrons. The van der Waals surface area contributed by atoms with Gasteiger partial charge in [0.15, 0.2) is 0 Å². The number of ether oxygens (including phenoxy) is 1. The van der Waals surface area contributed by atoms with Crippen molar-refractivity contribution >= 4 is 5.91 Å². The van der Waals surface area contributed by atoms with E-state index < -0.39 is 17.8 Å². The first-order valence-electron chi connectivity index (χ1n) is 6.73. The van der Waals surface area contributed by atoms with E-state index in [0.29, 0.717) is 31.7 Å². The fourth-order valence-corrected chi connectivity index (χ4v) is 2.08. The second-order valence-corrected chi connectivity index (χ2v) is 4.80. The molecule has 1 aliphatic rings. The van der Waals surface area contributed by atoms with Crippen LogP contribution in [-0.2, 0) is 22.1 Å². The molecule has 0 aromatic heterocycles. The van der Waals surface area contributed by atoms with Crippen LogP contribution in [0.1, 0.15) is 11.1 Å². The van der Waals surface area contributed by atoms with Crippen molar-refractivity contribution in [2.75, 3.05) is 26.2 Å². The van der Waals surface area contributed by atoms with Crippen LogP contribution < -0.4 is 10.6 Å². The zero-order valence-corrected chi connectivity index (χ0v) is 11.4. The van der Waals surface area contributed by atoms with Gasteiger partial charge in [0, 0.05) is 19.6 Å². The van der Waals surface area contributed by atoms with E-state index in [2.05, 4.69) is 10.6 Å². The highest BCUT2D eigenvalue weighted by Gasteiger charge is 2.30. The summed E-state index contributed by atoms with van der Waals surface area (Å²) in [5, 5.41) is 5.71. The molecule has 0 spiro atoms. The van der Waals surface area contributed by atoms with Crippen molar-refractivity contribution in [3.63, 3.8) is 0 Å². The molecule has 1 aromatic carbocycles. The molecular weight excluding hydrogens is 285 g/mol. The Labute approximate surface area is 120 Å². The lowest BCUT2D eigenvalue weighted by atomic mass is 10.1. The van der Waals surface area contributed by atoms with Crippen molar-refractivity contribution in [3.8, 4) is 0 Å². The number of halogens is 3. The number of benzene rings is 1. The van der Waals surface area contributed by atoms with Gasteiger partial charge in [-0.15, -0.1) is 0 Å². The minimum absolute atomic E-state index is 0.242. The number of rotatable bonds is 4. The Morgan fingerprint density at radius 1 is 1.43 bits per heavy atom. The van der Waals surface area contributed by atoms with Crippen LogP contribution in [0, 0.1) is 0 Å². The Kier molecular flexibility index (Phi) is 5.19. The van der Waals surface area contributed by atoms with Crippen LogP contribution in [0.3, 0.4) is 0 Å². The average Bonchev–Trinajstić information content (AvgIpc) is 2.47. The molecule has 1 aliphatic heterocycles. The van der Waals surface area contributed by atoms with Gasteiger partial charge in [-0.1, -0.05) is 18.2 Å². The first kappa shape index (κ1) is 15.8. The zero-order valence-electron chi connectivity index (χ0n) is 11.4. The summed E-state index contributed by atoms with van der Waals surface area (Å²) in [6, 6.07) is 5.11. The van der Waals surface area contributed by atoms with Crippen LogP contribution in [-0.4, -0.2) is 38.3 Å². The van der Waals surface area contributed by atoms with E-state index in [1.807, 2.05) is 0 Å². The fraction of sp³-hybridized carbons (Fsp3) is 0.500. The van der Waals surface area contributed by atoms with Crippen molar-refractivity contribution in [3.05, 3.63) is 35.4 Å². The summed E-state index contributed by atoms with van der Waals surface area (Å²) >= 11 is 0. The van der Waals surface area contributed by atoms with Crippen LogP contribution in [0.15, 0.2) is 24.3 Å². The average molecular weight is 302 g/mol. The van der Waals surface area contributed by atoms with Crippen molar-refractivity contribution in [1.82, 2.24) is 10.6 Å². The Hall–Kier alpha value is -1.60. The highest BCUT2D eigenvalue weighted by Crippen LogP contribution is 2.29. The van der Waals surface area contributed by atoms with Gasteiger partial charge >= 0.3 is 6.18 Å². The van der Waals surface area contributed by atoms with Gasteiger partial charge in [-0.2, -0.15) is 13.2 Å². The summed E-state index contributed by atoms with van der Waals surface area (Å²) in [6.45, 7) is 1.93. The molecule has 0 radical (unpaired) electrons. The molecule has 7 heteroatoms. The van der Waals surface area contributed by atoms with Gasteiger partial charge in [-0.05, 0) is 18.1 Å². The van der Waals surface area contributed by atoms with Crippen molar-refractivity contribution in [1.29, 1.82) is 0 Å². The predicted molar refractivity (Wildman–Crippen MR) is 70.8 cm³/mol.